The Morgan fingerprint density at radius 3 is 2.92 bits per heavy atom. The quantitative estimate of drug-likeness (QED) is 0.762. The van der Waals surface area contributed by atoms with Crippen LogP contribution in [-0.4, -0.2) is 39.7 Å². The second-order valence-corrected chi connectivity index (χ2v) is 6.28. The Bertz CT molecular complexity index is 784. The number of rotatable bonds is 4. The molecule has 1 fully saturated rings. The number of hydrogen-bond donors (Lipinski definition) is 2. The fourth-order valence-corrected chi connectivity index (χ4v) is 3.14. The van der Waals surface area contributed by atoms with E-state index in [0.29, 0.717) is 11.6 Å². The number of benzene rings is 1. The van der Waals surface area contributed by atoms with Gasteiger partial charge < -0.3 is 9.73 Å². The Balaban J connectivity index is 1.51. The summed E-state index contributed by atoms with van der Waals surface area (Å²) in [4.78, 5) is 6.80. The molecule has 3 heterocycles. The number of nitrogens with one attached hydrogen (secondary N) is 2. The lowest BCUT2D eigenvalue weighted by atomic mass is 10.1. The van der Waals surface area contributed by atoms with E-state index < -0.39 is 0 Å². The summed E-state index contributed by atoms with van der Waals surface area (Å²) in [5, 5.41) is 11.1. The van der Waals surface area contributed by atoms with Crippen LogP contribution in [0.1, 0.15) is 17.5 Å². The van der Waals surface area contributed by atoms with Crippen molar-refractivity contribution in [1.82, 2.24) is 25.4 Å². The molecule has 3 aromatic rings. The van der Waals surface area contributed by atoms with Crippen LogP contribution in [0.3, 0.4) is 0 Å². The van der Waals surface area contributed by atoms with Gasteiger partial charge in [-0.15, -0.1) is 0 Å². The highest BCUT2D eigenvalue weighted by Gasteiger charge is 2.25. The average Bonchev–Trinajstić information content (AvgIpc) is 3.28. The van der Waals surface area contributed by atoms with E-state index in [0.717, 1.165) is 36.8 Å². The van der Waals surface area contributed by atoms with Gasteiger partial charge >= 0.3 is 0 Å². The van der Waals surface area contributed by atoms with Crippen molar-refractivity contribution in [2.24, 2.45) is 0 Å². The van der Waals surface area contributed by atoms with E-state index in [9.17, 15) is 0 Å². The molecular weight excluding hydrogens is 326 g/mol. The Morgan fingerprint density at radius 1 is 1.25 bits per heavy atom. The normalized spacial score (nSPS) is 18.8. The molecule has 0 saturated carbocycles. The summed E-state index contributed by atoms with van der Waals surface area (Å²) in [7, 11) is 0. The van der Waals surface area contributed by atoms with E-state index >= 15 is 0 Å². The summed E-state index contributed by atoms with van der Waals surface area (Å²) in [6.45, 7) is 3.46. The maximum atomic E-state index is 5.94. The molecule has 6 nitrogen and oxygen atoms in total. The highest BCUT2D eigenvalue weighted by Crippen LogP contribution is 2.26. The lowest BCUT2D eigenvalue weighted by Crippen LogP contribution is -2.45. The minimum atomic E-state index is 0.267. The molecule has 1 aliphatic rings. The molecule has 0 radical (unpaired) electrons. The molecule has 24 heavy (non-hydrogen) atoms. The maximum Gasteiger partial charge on any atom is 0.209 e. The summed E-state index contributed by atoms with van der Waals surface area (Å²) in [6.07, 6.45) is 5.59. The van der Waals surface area contributed by atoms with Crippen LogP contribution in [-0.2, 0) is 6.54 Å². The van der Waals surface area contributed by atoms with Gasteiger partial charge in [-0.3, -0.25) is 10.00 Å². The van der Waals surface area contributed by atoms with Gasteiger partial charge in [0.25, 0.3) is 0 Å². The third kappa shape index (κ3) is 3.21. The van der Waals surface area contributed by atoms with Crippen LogP contribution in [0.5, 0.6) is 0 Å². The van der Waals surface area contributed by atoms with E-state index in [4.69, 9.17) is 16.0 Å². The zero-order chi connectivity index (χ0) is 16.4. The number of aromatic nitrogens is 3. The van der Waals surface area contributed by atoms with Crippen LogP contribution in [0.2, 0.25) is 5.02 Å². The molecule has 2 aromatic heterocycles. The second kappa shape index (κ2) is 6.76. The molecule has 0 aliphatic carbocycles. The predicted molar refractivity (Wildman–Crippen MR) is 91.6 cm³/mol. The molecule has 1 saturated heterocycles. The Labute approximate surface area is 144 Å². The van der Waals surface area contributed by atoms with Gasteiger partial charge in [0.15, 0.2) is 5.76 Å². The first kappa shape index (κ1) is 15.4. The van der Waals surface area contributed by atoms with E-state index in [-0.39, 0.29) is 6.04 Å². The molecule has 1 aromatic carbocycles. The summed E-state index contributed by atoms with van der Waals surface area (Å²) >= 11 is 5.93. The summed E-state index contributed by atoms with van der Waals surface area (Å²) < 4.78 is 5.94. The minimum Gasteiger partial charge on any atom is -0.439 e. The number of oxazole rings is 1. The fourth-order valence-electron chi connectivity index (χ4n) is 3.01. The Hall–Kier alpha value is -2.15. The topological polar surface area (TPSA) is 70.0 Å². The van der Waals surface area contributed by atoms with Gasteiger partial charge in [-0.05, 0) is 24.3 Å². The van der Waals surface area contributed by atoms with Gasteiger partial charge in [0.05, 0.1) is 25.0 Å². The van der Waals surface area contributed by atoms with E-state index in [1.54, 1.807) is 6.20 Å². The lowest BCUT2D eigenvalue weighted by Gasteiger charge is -2.34. The van der Waals surface area contributed by atoms with E-state index in [2.05, 4.69) is 25.4 Å². The van der Waals surface area contributed by atoms with Crippen LogP contribution in [0, 0.1) is 0 Å². The first-order valence-electron chi connectivity index (χ1n) is 7.94. The molecule has 1 unspecified atom stereocenters. The average molecular weight is 344 g/mol. The molecule has 0 bridgehead atoms. The zero-order valence-electron chi connectivity index (χ0n) is 13.1. The minimum absolute atomic E-state index is 0.267. The SMILES string of the molecule is Clc1ccc(-c2cnc(CN3CCNCC3c3cn[nH]c3)o2)cc1. The van der Waals surface area contributed by atoms with Crippen molar-refractivity contribution >= 4 is 11.6 Å². The molecule has 7 heteroatoms. The van der Waals surface area contributed by atoms with Crippen LogP contribution in [0.4, 0.5) is 0 Å². The predicted octanol–water partition coefficient (Wildman–Crippen LogP) is 2.86. The van der Waals surface area contributed by atoms with E-state index in [1.165, 1.54) is 5.56 Å². The summed E-state index contributed by atoms with van der Waals surface area (Å²) in [5.74, 6) is 1.48. The lowest BCUT2D eigenvalue weighted by molar-refractivity contribution is 0.140. The molecule has 1 aliphatic heterocycles. The highest BCUT2D eigenvalue weighted by atomic mass is 35.5. The standard InChI is InChI=1S/C17H18ClN5O/c18-14-3-1-12(2-4-14)16-10-20-17(24-16)11-23-6-5-19-9-15(23)13-7-21-22-8-13/h1-4,7-8,10,15,19H,5-6,9,11H2,(H,21,22). The van der Waals surface area contributed by atoms with Gasteiger partial charge in [0.1, 0.15) is 0 Å². The van der Waals surface area contributed by atoms with Crippen molar-refractivity contribution in [2.45, 2.75) is 12.6 Å². The van der Waals surface area contributed by atoms with Crippen LogP contribution >= 0.6 is 11.6 Å². The number of piperazine rings is 1. The third-order valence-corrected chi connectivity index (χ3v) is 4.53. The van der Waals surface area contributed by atoms with Gasteiger partial charge in [0.2, 0.25) is 5.89 Å². The summed E-state index contributed by atoms with van der Waals surface area (Å²) in [6, 6.07) is 7.84. The molecule has 4 rings (SSSR count). The van der Waals surface area contributed by atoms with Crippen molar-refractivity contribution in [3.8, 4) is 11.3 Å². The smallest absolute Gasteiger partial charge is 0.209 e. The van der Waals surface area contributed by atoms with Gasteiger partial charge in [-0.1, -0.05) is 11.6 Å². The molecule has 124 valence electrons. The largest absolute Gasteiger partial charge is 0.439 e. The fraction of sp³-hybridized carbons (Fsp3) is 0.294. The molecule has 0 amide bonds. The third-order valence-electron chi connectivity index (χ3n) is 4.28. The van der Waals surface area contributed by atoms with Crippen molar-refractivity contribution < 1.29 is 4.42 Å². The van der Waals surface area contributed by atoms with Crippen LogP contribution in [0.15, 0.2) is 47.3 Å². The Kier molecular flexibility index (Phi) is 4.34. The molecule has 1 atom stereocenters. The molecular formula is C17H18ClN5O. The molecule has 0 spiro atoms. The number of H-pyrrole nitrogens is 1. The summed E-state index contributed by atoms with van der Waals surface area (Å²) in [5.41, 5.74) is 2.15. The molecule has 2 N–H and O–H groups in total. The number of halogens is 1. The number of hydrogen-bond acceptors (Lipinski definition) is 5. The zero-order valence-corrected chi connectivity index (χ0v) is 13.8. The van der Waals surface area contributed by atoms with Crippen molar-refractivity contribution in [3.05, 3.63) is 59.3 Å². The van der Waals surface area contributed by atoms with Crippen LogP contribution in [0.25, 0.3) is 11.3 Å². The van der Waals surface area contributed by atoms with Crippen LogP contribution < -0.4 is 5.32 Å². The van der Waals surface area contributed by atoms with Gasteiger partial charge in [-0.25, -0.2) is 4.98 Å². The second-order valence-electron chi connectivity index (χ2n) is 5.85. The number of aromatic amines is 1. The maximum absolute atomic E-state index is 5.94. The first-order valence-corrected chi connectivity index (χ1v) is 8.31. The van der Waals surface area contributed by atoms with Crippen molar-refractivity contribution in [2.75, 3.05) is 19.6 Å². The highest BCUT2D eigenvalue weighted by molar-refractivity contribution is 6.30. The van der Waals surface area contributed by atoms with Crippen molar-refractivity contribution in [1.29, 1.82) is 0 Å². The number of nitrogens with zero attached hydrogens (tertiary/aromatic N) is 3. The Morgan fingerprint density at radius 2 is 2.12 bits per heavy atom. The van der Waals surface area contributed by atoms with E-state index in [1.807, 2.05) is 36.7 Å². The van der Waals surface area contributed by atoms with Gasteiger partial charge in [0, 0.05) is 42.0 Å². The monoisotopic (exact) mass is 343 g/mol. The first-order chi connectivity index (χ1) is 11.8. The van der Waals surface area contributed by atoms with Gasteiger partial charge in [-0.2, -0.15) is 5.10 Å². The van der Waals surface area contributed by atoms with Crippen molar-refractivity contribution in [3.63, 3.8) is 0 Å².